The molecule has 7 nitrogen and oxygen atoms in total. The van der Waals surface area contributed by atoms with E-state index < -0.39 is 0 Å². The minimum absolute atomic E-state index is 0.194. The quantitative estimate of drug-likeness (QED) is 0.715. The second-order valence-corrected chi connectivity index (χ2v) is 6.92. The summed E-state index contributed by atoms with van der Waals surface area (Å²) in [6, 6.07) is 17.1. The molecular weight excluding hydrogens is 385 g/mol. The van der Waals surface area contributed by atoms with E-state index in [2.05, 4.69) is 20.4 Å². The molecule has 0 saturated carbocycles. The lowest BCUT2D eigenvalue weighted by Gasteiger charge is -2.35. The summed E-state index contributed by atoms with van der Waals surface area (Å²) in [4.78, 5) is 16.2. The highest BCUT2D eigenvalue weighted by Crippen LogP contribution is 2.23. The number of piperazine rings is 1. The molecule has 1 N–H and O–H groups in total. The number of hydrogen-bond donors (Lipinski definition) is 1. The number of methoxy groups -OCH3 is 1. The summed E-state index contributed by atoms with van der Waals surface area (Å²) in [5, 5.41) is 11.5. The lowest BCUT2D eigenvalue weighted by molar-refractivity contribution is 0.208. The van der Waals surface area contributed by atoms with E-state index in [9.17, 15) is 9.18 Å². The lowest BCUT2D eigenvalue weighted by atomic mass is 10.1. The van der Waals surface area contributed by atoms with E-state index in [-0.39, 0.29) is 11.8 Å². The maximum Gasteiger partial charge on any atom is 0.321 e. The summed E-state index contributed by atoms with van der Waals surface area (Å²) in [6.45, 7) is 2.44. The molecule has 0 atom stereocenters. The molecule has 1 aliphatic rings. The molecular formula is C22H22FN5O2. The van der Waals surface area contributed by atoms with Crippen LogP contribution in [0.15, 0.2) is 60.7 Å². The van der Waals surface area contributed by atoms with Crippen molar-refractivity contribution in [2.75, 3.05) is 43.5 Å². The highest BCUT2D eigenvalue weighted by Gasteiger charge is 2.22. The molecule has 0 unspecified atom stereocenters. The molecule has 0 aliphatic carbocycles. The highest BCUT2D eigenvalue weighted by molar-refractivity contribution is 5.89. The normalized spacial score (nSPS) is 13.8. The SMILES string of the molecule is COc1cccc(-c2ccc(N3CCN(C(=O)Nc4ccc(F)cc4)CC3)nn2)c1. The molecule has 2 aromatic carbocycles. The molecule has 3 aromatic rings. The summed E-state index contributed by atoms with van der Waals surface area (Å²) in [5.41, 5.74) is 2.29. The third-order valence-electron chi connectivity index (χ3n) is 5.00. The largest absolute Gasteiger partial charge is 0.497 e. The van der Waals surface area contributed by atoms with Crippen molar-refractivity contribution in [2.45, 2.75) is 0 Å². The van der Waals surface area contributed by atoms with Gasteiger partial charge in [0.15, 0.2) is 5.82 Å². The van der Waals surface area contributed by atoms with E-state index in [0.717, 1.165) is 22.8 Å². The molecule has 30 heavy (non-hydrogen) atoms. The lowest BCUT2D eigenvalue weighted by Crippen LogP contribution is -2.50. The first-order valence-corrected chi connectivity index (χ1v) is 9.67. The first-order valence-electron chi connectivity index (χ1n) is 9.67. The van der Waals surface area contributed by atoms with Crippen LogP contribution in [0.4, 0.5) is 20.7 Å². The fourth-order valence-electron chi connectivity index (χ4n) is 3.30. The smallest absolute Gasteiger partial charge is 0.321 e. The molecule has 2 heterocycles. The number of aromatic nitrogens is 2. The number of anilines is 2. The molecule has 1 saturated heterocycles. The van der Waals surface area contributed by atoms with Gasteiger partial charge in [0, 0.05) is 37.4 Å². The van der Waals surface area contributed by atoms with Crippen molar-refractivity contribution in [1.82, 2.24) is 15.1 Å². The monoisotopic (exact) mass is 407 g/mol. The minimum Gasteiger partial charge on any atom is -0.497 e. The second kappa shape index (κ2) is 8.77. The summed E-state index contributed by atoms with van der Waals surface area (Å²) in [7, 11) is 1.63. The Hall–Kier alpha value is -3.68. The molecule has 1 fully saturated rings. The number of hydrogen-bond acceptors (Lipinski definition) is 5. The maximum absolute atomic E-state index is 13.0. The van der Waals surface area contributed by atoms with Crippen molar-refractivity contribution in [3.63, 3.8) is 0 Å². The summed E-state index contributed by atoms with van der Waals surface area (Å²) in [6.07, 6.45) is 0. The Bertz CT molecular complexity index is 1000. The van der Waals surface area contributed by atoms with E-state index in [1.807, 2.05) is 36.4 Å². The molecule has 1 aromatic heterocycles. The van der Waals surface area contributed by atoms with Crippen LogP contribution >= 0.6 is 0 Å². The average Bonchev–Trinajstić information content (AvgIpc) is 2.81. The standard InChI is InChI=1S/C22H22FN5O2/c1-30-19-4-2-3-16(15-19)20-9-10-21(26-25-20)27-11-13-28(14-12-27)22(29)24-18-7-5-17(23)6-8-18/h2-10,15H,11-14H2,1H3,(H,24,29). The number of nitrogens with one attached hydrogen (secondary N) is 1. The van der Waals surface area contributed by atoms with Crippen LogP contribution in [0, 0.1) is 5.82 Å². The molecule has 0 spiro atoms. The van der Waals surface area contributed by atoms with Gasteiger partial charge in [0.25, 0.3) is 0 Å². The minimum atomic E-state index is -0.333. The second-order valence-electron chi connectivity index (χ2n) is 6.92. The van der Waals surface area contributed by atoms with Gasteiger partial charge in [-0.05, 0) is 48.5 Å². The summed E-state index contributed by atoms with van der Waals surface area (Å²) >= 11 is 0. The van der Waals surface area contributed by atoms with Gasteiger partial charge in [0.2, 0.25) is 0 Å². The Balaban J connectivity index is 1.34. The zero-order valence-electron chi connectivity index (χ0n) is 16.6. The van der Waals surface area contributed by atoms with E-state index in [1.54, 1.807) is 24.1 Å². The van der Waals surface area contributed by atoms with Gasteiger partial charge in [-0.15, -0.1) is 10.2 Å². The van der Waals surface area contributed by atoms with Gasteiger partial charge >= 0.3 is 6.03 Å². The van der Waals surface area contributed by atoms with Crippen molar-refractivity contribution in [3.05, 3.63) is 66.5 Å². The van der Waals surface area contributed by atoms with Crippen LogP contribution in [0.5, 0.6) is 5.75 Å². The number of halogens is 1. The molecule has 2 amide bonds. The van der Waals surface area contributed by atoms with Gasteiger partial charge in [-0.3, -0.25) is 0 Å². The topological polar surface area (TPSA) is 70.6 Å². The average molecular weight is 407 g/mol. The van der Waals surface area contributed by atoms with Crippen molar-refractivity contribution in [2.24, 2.45) is 0 Å². The molecule has 8 heteroatoms. The first kappa shape index (κ1) is 19.6. The van der Waals surface area contributed by atoms with E-state index in [1.165, 1.54) is 12.1 Å². The third kappa shape index (κ3) is 4.48. The van der Waals surface area contributed by atoms with Gasteiger partial charge in [-0.25, -0.2) is 9.18 Å². The van der Waals surface area contributed by atoms with Crippen LogP contribution < -0.4 is 15.0 Å². The number of nitrogens with zero attached hydrogens (tertiary/aromatic N) is 4. The van der Waals surface area contributed by atoms with Crippen molar-refractivity contribution >= 4 is 17.5 Å². The molecule has 1 aliphatic heterocycles. The Morgan fingerprint density at radius 3 is 2.43 bits per heavy atom. The van der Waals surface area contributed by atoms with Crippen LogP contribution in [-0.2, 0) is 0 Å². The Labute approximate surface area is 174 Å². The Kier molecular flexibility index (Phi) is 5.74. The van der Waals surface area contributed by atoms with E-state index in [0.29, 0.717) is 31.9 Å². The van der Waals surface area contributed by atoms with Crippen molar-refractivity contribution in [3.8, 4) is 17.0 Å². The number of ether oxygens (including phenoxy) is 1. The number of urea groups is 1. The van der Waals surface area contributed by atoms with Gasteiger partial charge in [-0.1, -0.05) is 12.1 Å². The number of amides is 2. The predicted molar refractivity (Wildman–Crippen MR) is 113 cm³/mol. The summed E-state index contributed by atoms with van der Waals surface area (Å²) in [5.74, 6) is 1.22. The van der Waals surface area contributed by atoms with Gasteiger partial charge in [0.05, 0.1) is 12.8 Å². The Morgan fingerprint density at radius 1 is 1.00 bits per heavy atom. The fraction of sp³-hybridized carbons (Fsp3) is 0.227. The van der Waals surface area contributed by atoms with Crippen LogP contribution in [0.1, 0.15) is 0 Å². The molecule has 154 valence electrons. The zero-order valence-corrected chi connectivity index (χ0v) is 16.6. The molecule has 0 bridgehead atoms. The van der Waals surface area contributed by atoms with Crippen LogP contribution in [0.25, 0.3) is 11.3 Å². The number of benzene rings is 2. The molecule has 0 radical (unpaired) electrons. The van der Waals surface area contributed by atoms with Crippen molar-refractivity contribution in [1.29, 1.82) is 0 Å². The number of carbonyl (C=O) groups excluding carboxylic acids is 1. The van der Waals surface area contributed by atoms with Crippen LogP contribution in [0.3, 0.4) is 0 Å². The molecule has 4 rings (SSSR count). The Morgan fingerprint density at radius 2 is 1.77 bits per heavy atom. The van der Waals surface area contributed by atoms with Crippen molar-refractivity contribution < 1.29 is 13.9 Å². The van der Waals surface area contributed by atoms with Gasteiger partial charge in [0.1, 0.15) is 11.6 Å². The predicted octanol–water partition coefficient (Wildman–Crippen LogP) is 3.65. The summed E-state index contributed by atoms with van der Waals surface area (Å²) < 4.78 is 18.3. The third-order valence-corrected chi connectivity index (χ3v) is 5.00. The van der Waals surface area contributed by atoms with Crippen LogP contribution in [-0.4, -0.2) is 54.4 Å². The van der Waals surface area contributed by atoms with Gasteiger partial charge in [-0.2, -0.15) is 0 Å². The number of rotatable bonds is 4. The van der Waals surface area contributed by atoms with E-state index >= 15 is 0 Å². The number of carbonyl (C=O) groups is 1. The highest BCUT2D eigenvalue weighted by atomic mass is 19.1. The first-order chi connectivity index (χ1) is 14.6. The van der Waals surface area contributed by atoms with Crippen LogP contribution in [0.2, 0.25) is 0 Å². The maximum atomic E-state index is 13.0. The van der Waals surface area contributed by atoms with Gasteiger partial charge < -0.3 is 19.9 Å². The zero-order chi connectivity index (χ0) is 20.9. The van der Waals surface area contributed by atoms with E-state index in [4.69, 9.17) is 4.74 Å². The fourth-order valence-corrected chi connectivity index (χ4v) is 3.30.